The number of anilines is 1. The molecule has 0 aliphatic carbocycles. The van der Waals surface area contributed by atoms with Crippen LogP contribution >= 0.6 is 0 Å². The van der Waals surface area contributed by atoms with Crippen molar-refractivity contribution in [1.82, 2.24) is 4.98 Å². The highest BCUT2D eigenvalue weighted by molar-refractivity contribution is 6.32. The zero-order valence-electron chi connectivity index (χ0n) is 12.6. The summed E-state index contributed by atoms with van der Waals surface area (Å²) in [6.07, 6.45) is 2.04. The van der Waals surface area contributed by atoms with Gasteiger partial charge in [0.25, 0.3) is 11.6 Å². The number of amides is 2. The monoisotopic (exact) mass is 338 g/mol. The van der Waals surface area contributed by atoms with Gasteiger partial charge < -0.3 is 4.84 Å². The number of benzene rings is 1. The van der Waals surface area contributed by atoms with Crippen LogP contribution in [0.2, 0.25) is 0 Å². The molecule has 0 radical (unpaired) electrons. The van der Waals surface area contributed by atoms with E-state index in [-0.39, 0.29) is 11.4 Å². The molecule has 0 unspecified atom stereocenters. The van der Waals surface area contributed by atoms with Gasteiger partial charge in [-0.25, -0.2) is 4.90 Å². The van der Waals surface area contributed by atoms with Crippen molar-refractivity contribution < 1.29 is 19.3 Å². The first kappa shape index (κ1) is 14.9. The van der Waals surface area contributed by atoms with Crippen molar-refractivity contribution in [3.05, 3.63) is 64.5 Å². The van der Waals surface area contributed by atoms with Crippen LogP contribution in [0.4, 0.5) is 11.4 Å². The van der Waals surface area contributed by atoms with Crippen LogP contribution in [0.5, 0.6) is 0 Å². The molecule has 1 aromatic heterocycles. The van der Waals surface area contributed by atoms with Gasteiger partial charge in [-0.15, -0.1) is 0 Å². The van der Waals surface area contributed by atoms with Crippen LogP contribution in [-0.2, 0) is 14.4 Å². The summed E-state index contributed by atoms with van der Waals surface area (Å²) in [4.78, 5) is 45.8. The average Bonchev–Trinajstić information content (AvgIpc) is 3.16. The molecule has 2 aliphatic rings. The van der Waals surface area contributed by atoms with Gasteiger partial charge in [-0.2, -0.15) is 0 Å². The van der Waals surface area contributed by atoms with Crippen molar-refractivity contribution >= 4 is 28.9 Å². The van der Waals surface area contributed by atoms with Crippen molar-refractivity contribution in [2.24, 2.45) is 11.1 Å². The molecule has 1 fully saturated rings. The summed E-state index contributed by atoms with van der Waals surface area (Å²) in [5.41, 5.74) is 0.825. The maximum Gasteiger partial charge on any atom is 0.278 e. The van der Waals surface area contributed by atoms with Gasteiger partial charge in [0.05, 0.1) is 10.6 Å². The number of hydrogen-bond acceptors (Lipinski definition) is 7. The Labute approximate surface area is 140 Å². The van der Waals surface area contributed by atoms with Crippen LogP contribution in [-0.4, -0.2) is 33.5 Å². The maximum absolute atomic E-state index is 12.8. The quantitative estimate of drug-likeness (QED) is 0.473. The van der Waals surface area contributed by atoms with Gasteiger partial charge in [0.2, 0.25) is 12.0 Å². The summed E-state index contributed by atoms with van der Waals surface area (Å²) in [6, 6.07) is 8.74. The van der Waals surface area contributed by atoms with Crippen molar-refractivity contribution in [1.29, 1.82) is 0 Å². The number of non-ortho nitro benzene ring substituents is 1. The van der Waals surface area contributed by atoms with Gasteiger partial charge in [-0.05, 0) is 18.2 Å². The highest BCUT2D eigenvalue weighted by Crippen LogP contribution is 2.35. The third kappa shape index (κ3) is 2.24. The zero-order chi connectivity index (χ0) is 17.6. The van der Waals surface area contributed by atoms with E-state index >= 15 is 0 Å². The van der Waals surface area contributed by atoms with E-state index in [0.717, 1.165) is 4.90 Å². The lowest BCUT2D eigenvalue weighted by Crippen LogP contribution is -2.33. The van der Waals surface area contributed by atoms with Crippen LogP contribution < -0.4 is 4.90 Å². The van der Waals surface area contributed by atoms with Gasteiger partial charge >= 0.3 is 0 Å². The molecule has 2 amide bonds. The van der Waals surface area contributed by atoms with Crippen LogP contribution in [0.3, 0.4) is 0 Å². The van der Waals surface area contributed by atoms with Gasteiger partial charge in [0.15, 0.2) is 0 Å². The molecule has 3 heterocycles. The number of imide groups is 1. The first-order chi connectivity index (χ1) is 12.1. The fourth-order valence-corrected chi connectivity index (χ4v) is 2.93. The number of nitrogens with zero attached hydrogens (tertiary/aromatic N) is 4. The molecule has 0 saturated carbocycles. The number of oxime groups is 1. The van der Waals surface area contributed by atoms with Crippen LogP contribution in [0.1, 0.15) is 5.56 Å². The Morgan fingerprint density at radius 1 is 1.16 bits per heavy atom. The van der Waals surface area contributed by atoms with E-state index in [1.807, 2.05) is 0 Å². The Morgan fingerprint density at radius 3 is 2.72 bits per heavy atom. The second kappa shape index (κ2) is 5.48. The predicted octanol–water partition coefficient (Wildman–Crippen LogP) is 1.28. The predicted molar refractivity (Wildman–Crippen MR) is 84.7 cm³/mol. The fraction of sp³-hybridized carbons (Fsp3) is 0.125. The summed E-state index contributed by atoms with van der Waals surface area (Å²) in [7, 11) is 0. The molecule has 0 spiro atoms. The summed E-state index contributed by atoms with van der Waals surface area (Å²) in [5.74, 6) is -2.02. The van der Waals surface area contributed by atoms with Crippen molar-refractivity contribution in [3.8, 4) is 0 Å². The normalized spacial score (nSPS) is 21.8. The number of pyridine rings is 1. The summed E-state index contributed by atoms with van der Waals surface area (Å²) in [6.45, 7) is 0. The molecule has 4 rings (SSSR count). The first-order valence-electron chi connectivity index (χ1n) is 7.34. The minimum Gasteiger partial charge on any atom is -0.381 e. The molecule has 1 saturated heterocycles. The fourth-order valence-electron chi connectivity index (χ4n) is 2.93. The summed E-state index contributed by atoms with van der Waals surface area (Å²) < 4.78 is 0. The molecule has 0 bridgehead atoms. The number of fused-ring (bicyclic) bond motifs is 1. The molecule has 9 heteroatoms. The van der Waals surface area contributed by atoms with Crippen LogP contribution in [0.25, 0.3) is 0 Å². The Balaban J connectivity index is 1.71. The van der Waals surface area contributed by atoms with Crippen molar-refractivity contribution in [2.75, 3.05) is 4.90 Å². The number of aromatic nitrogens is 1. The molecule has 124 valence electrons. The van der Waals surface area contributed by atoms with E-state index in [4.69, 9.17) is 4.84 Å². The Kier molecular flexibility index (Phi) is 3.27. The number of nitro benzene ring substituents is 1. The van der Waals surface area contributed by atoms with E-state index < -0.39 is 28.8 Å². The van der Waals surface area contributed by atoms with Gasteiger partial charge in [0.1, 0.15) is 11.6 Å². The molecule has 2 atom stereocenters. The lowest BCUT2D eigenvalue weighted by atomic mass is 9.95. The van der Waals surface area contributed by atoms with Crippen molar-refractivity contribution in [2.45, 2.75) is 6.10 Å². The Bertz CT molecular complexity index is 927. The molecule has 25 heavy (non-hydrogen) atoms. The van der Waals surface area contributed by atoms with E-state index in [9.17, 15) is 19.7 Å². The summed E-state index contributed by atoms with van der Waals surface area (Å²) in [5, 5.41) is 14.8. The molecule has 2 aliphatic heterocycles. The molecule has 9 nitrogen and oxygen atoms in total. The zero-order valence-corrected chi connectivity index (χ0v) is 12.6. The highest BCUT2D eigenvalue weighted by atomic mass is 16.7. The number of carbonyl (C=O) groups excluding carboxylic acids is 2. The van der Waals surface area contributed by atoms with Gasteiger partial charge in [0, 0.05) is 30.1 Å². The molecular weight excluding hydrogens is 328 g/mol. The molecular formula is C16H10N4O5. The second-order valence-corrected chi connectivity index (χ2v) is 5.51. The standard InChI is InChI=1S/C16H10N4O5/c21-15-12-13(9-3-2-6-17-8-9)18-25-14(12)16(22)19(15)10-4-1-5-11(7-10)20(23)24/h1-8,12,14H/t12-,14+/m1/s1. The lowest BCUT2D eigenvalue weighted by molar-refractivity contribution is -0.384. The number of carbonyl (C=O) groups is 2. The van der Waals surface area contributed by atoms with Crippen molar-refractivity contribution in [3.63, 3.8) is 0 Å². The topological polar surface area (TPSA) is 115 Å². The minimum atomic E-state index is -1.07. The minimum absolute atomic E-state index is 0.132. The Hall–Kier alpha value is -3.62. The van der Waals surface area contributed by atoms with E-state index in [2.05, 4.69) is 10.1 Å². The molecule has 1 aromatic carbocycles. The largest absolute Gasteiger partial charge is 0.381 e. The summed E-state index contributed by atoms with van der Waals surface area (Å²) >= 11 is 0. The van der Waals surface area contributed by atoms with Gasteiger partial charge in [-0.3, -0.25) is 24.7 Å². The van der Waals surface area contributed by atoms with Gasteiger partial charge in [-0.1, -0.05) is 11.2 Å². The number of nitro groups is 1. The lowest BCUT2D eigenvalue weighted by Gasteiger charge is -2.15. The number of hydrogen-bond donors (Lipinski definition) is 0. The van der Waals surface area contributed by atoms with Crippen LogP contribution in [0, 0.1) is 16.0 Å². The highest BCUT2D eigenvalue weighted by Gasteiger charge is 2.56. The second-order valence-electron chi connectivity index (χ2n) is 5.51. The first-order valence-corrected chi connectivity index (χ1v) is 7.34. The molecule has 0 N–H and O–H groups in total. The average molecular weight is 338 g/mol. The van der Waals surface area contributed by atoms with E-state index in [1.54, 1.807) is 18.3 Å². The van der Waals surface area contributed by atoms with E-state index in [0.29, 0.717) is 11.3 Å². The third-order valence-corrected chi connectivity index (χ3v) is 4.07. The molecule has 2 aromatic rings. The number of rotatable bonds is 3. The third-order valence-electron chi connectivity index (χ3n) is 4.07. The Morgan fingerprint density at radius 2 is 2.00 bits per heavy atom. The maximum atomic E-state index is 12.8. The SMILES string of the molecule is O=C1[C@@H]2C(c3cccnc3)=NO[C@@H]2C(=O)N1c1cccc([N+](=O)[O-])c1. The van der Waals surface area contributed by atoms with E-state index in [1.165, 1.54) is 30.5 Å². The smallest absolute Gasteiger partial charge is 0.278 e. The van der Waals surface area contributed by atoms with Crippen LogP contribution in [0.15, 0.2) is 53.9 Å².